The third-order valence-electron chi connectivity index (χ3n) is 6.67. The Kier molecular flexibility index (Phi) is 5.45. The number of carbonyl (C=O) groups is 2. The number of imidazole rings is 1. The molecule has 2 heterocycles. The maximum absolute atomic E-state index is 12.8. The summed E-state index contributed by atoms with van der Waals surface area (Å²) in [5, 5.41) is 5.98. The van der Waals surface area contributed by atoms with E-state index in [0.717, 1.165) is 48.4 Å². The van der Waals surface area contributed by atoms with Crippen molar-refractivity contribution in [1.82, 2.24) is 15.3 Å². The summed E-state index contributed by atoms with van der Waals surface area (Å²) in [6.07, 6.45) is 4.58. The van der Waals surface area contributed by atoms with Crippen molar-refractivity contribution in [2.24, 2.45) is 0 Å². The second-order valence-corrected chi connectivity index (χ2v) is 9.34. The van der Waals surface area contributed by atoms with Gasteiger partial charge in [-0.2, -0.15) is 0 Å². The highest BCUT2D eigenvalue weighted by Crippen LogP contribution is 2.25. The van der Waals surface area contributed by atoms with Crippen molar-refractivity contribution < 1.29 is 9.59 Å². The molecule has 0 unspecified atom stereocenters. The summed E-state index contributed by atoms with van der Waals surface area (Å²) in [7, 11) is 0. The Morgan fingerprint density at radius 2 is 1.54 bits per heavy atom. The van der Waals surface area contributed by atoms with Crippen LogP contribution in [0.15, 0.2) is 66.7 Å². The molecule has 2 aliphatic rings. The molecule has 0 radical (unpaired) electrons. The molecule has 3 N–H and O–H groups in total. The van der Waals surface area contributed by atoms with Gasteiger partial charge in [0.2, 0.25) is 0 Å². The number of amides is 2. The largest absolute Gasteiger partial charge is 0.372 e. The van der Waals surface area contributed by atoms with Crippen molar-refractivity contribution in [3.63, 3.8) is 0 Å². The van der Waals surface area contributed by atoms with Gasteiger partial charge in [0.05, 0.1) is 11.0 Å². The topological polar surface area (TPSA) is 90.1 Å². The molecule has 6 rings (SSSR count). The summed E-state index contributed by atoms with van der Waals surface area (Å²) in [4.78, 5) is 35.3. The quantitative estimate of drug-likeness (QED) is 0.375. The van der Waals surface area contributed by atoms with Crippen molar-refractivity contribution in [2.75, 3.05) is 23.3 Å². The molecule has 0 spiro atoms. The number of rotatable bonds is 6. The molecule has 7 nitrogen and oxygen atoms in total. The van der Waals surface area contributed by atoms with Crippen LogP contribution in [0.25, 0.3) is 22.4 Å². The summed E-state index contributed by atoms with van der Waals surface area (Å²) in [5.74, 6) is 0.543. The monoisotopic (exact) mass is 465 g/mol. The molecule has 35 heavy (non-hydrogen) atoms. The summed E-state index contributed by atoms with van der Waals surface area (Å²) in [6.45, 7) is 2.16. The molecule has 3 aromatic carbocycles. The predicted molar refractivity (Wildman–Crippen MR) is 138 cm³/mol. The fraction of sp³-hybridized carbons (Fsp3) is 0.250. The molecule has 7 heteroatoms. The average molecular weight is 466 g/mol. The zero-order valence-electron chi connectivity index (χ0n) is 19.4. The second kappa shape index (κ2) is 8.91. The highest BCUT2D eigenvalue weighted by molar-refractivity contribution is 6.05. The van der Waals surface area contributed by atoms with Gasteiger partial charge in [-0.1, -0.05) is 12.1 Å². The number of anilines is 2. The van der Waals surface area contributed by atoms with E-state index in [9.17, 15) is 9.59 Å². The number of nitrogens with one attached hydrogen (secondary N) is 3. The van der Waals surface area contributed by atoms with E-state index in [0.29, 0.717) is 22.9 Å². The van der Waals surface area contributed by atoms with Gasteiger partial charge in [0.25, 0.3) is 11.8 Å². The summed E-state index contributed by atoms with van der Waals surface area (Å²) in [6, 6.07) is 21.2. The molecule has 0 bridgehead atoms. The number of hydrogen-bond acceptors (Lipinski definition) is 4. The van der Waals surface area contributed by atoms with Crippen molar-refractivity contribution in [3.8, 4) is 11.4 Å². The lowest BCUT2D eigenvalue weighted by Crippen LogP contribution is -2.25. The third kappa shape index (κ3) is 4.62. The first kappa shape index (κ1) is 21.4. The molecule has 176 valence electrons. The van der Waals surface area contributed by atoms with E-state index in [1.54, 1.807) is 0 Å². The number of H-pyrrole nitrogens is 1. The maximum Gasteiger partial charge on any atom is 0.255 e. The maximum atomic E-state index is 12.8. The molecule has 4 aromatic rings. The van der Waals surface area contributed by atoms with Crippen LogP contribution >= 0.6 is 0 Å². The molecule has 1 saturated heterocycles. The van der Waals surface area contributed by atoms with Crippen LogP contribution in [-0.4, -0.2) is 40.9 Å². The molecule has 1 saturated carbocycles. The molecule has 0 atom stereocenters. The smallest absolute Gasteiger partial charge is 0.255 e. The van der Waals surface area contributed by atoms with Crippen molar-refractivity contribution >= 4 is 34.2 Å². The fourth-order valence-electron chi connectivity index (χ4n) is 4.50. The van der Waals surface area contributed by atoms with Crippen LogP contribution in [0.1, 0.15) is 46.4 Å². The Morgan fingerprint density at radius 3 is 2.26 bits per heavy atom. The Morgan fingerprint density at radius 1 is 0.857 bits per heavy atom. The van der Waals surface area contributed by atoms with Crippen LogP contribution in [0.3, 0.4) is 0 Å². The normalized spacial score (nSPS) is 15.4. The van der Waals surface area contributed by atoms with Gasteiger partial charge in [-0.25, -0.2) is 4.98 Å². The Bertz CT molecular complexity index is 1380. The van der Waals surface area contributed by atoms with Crippen molar-refractivity contribution in [3.05, 3.63) is 77.9 Å². The minimum absolute atomic E-state index is 0.0327. The van der Waals surface area contributed by atoms with E-state index < -0.39 is 0 Å². The fourth-order valence-corrected chi connectivity index (χ4v) is 4.50. The van der Waals surface area contributed by atoms with Gasteiger partial charge in [-0.05, 0) is 80.3 Å². The zero-order chi connectivity index (χ0) is 23.8. The lowest BCUT2D eigenvalue weighted by atomic mass is 10.1. The first-order valence-corrected chi connectivity index (χ1v) is 12.2. The van der Waals surface area contributed by atoms with Gasteiger partial charge in [0.1, 0.15) is 5.82 Å². The number of aromatic nitrogens is 2. The van der Waals surface area contributed by atoms with Crippen LogP contribution in [0, 0.1) is 0 Å². The highest BCUT2D eigenvalue weighted by Gasteiger charge is 2.23. The first-order valence-electron chi connectivity index (χ1n) is 12.2. The Balaban J connectivity index is 1.15. The van der Waals surface area contributed by atoms with Gasteiger partial charge in [0, 0.05) is 47.2 Å². The number of aromatic amines is 1. The molecule has 1 aliphatic carbocycles. The molecule has 1 aromatic heterocycles. The molecule has 2 amide bonds. The van der Waals surface area contributed by atoms with E-state index >= 15 is 0 Å². The van der Waals surface area contributed by atoms with E-state index in [4.69, 9.17) is 0 Å². The standard InChI is InChI=1S/C28H27N5O2/c34-27(29-21-9-10-21)19-5-3-18(4-6-19)26-31-24-14-11-22(17-25(24)32-26)30-28(35)20-7-12-23(13-8-20)33-15-1-2-16-33/h3-8,11-14,17,21H,1-2,9-10,15-16H2,(H,29,34)(H,30,35)(H,31,32). The molecular weight excluding hydrogens is 438 g/mol. The molecule has 1 aliphatic heterocycles. The Hall–Kier alpha value is -4.13. The van der Waals surface area contributed by atoms with Crippen LogP contribution in [0.2, 0.25) is 0 Å². The third-order valence-corrected chi connectivity index (χ3v) is 6.67. The van der Waals surface area contributed by atoms with Crippen LogP contribution in [0.4, 0.5) is 11.4 Å². The highest BCUT2D eigenvalue weighted by atomic mass is 16.2. The minimum atomic E-state index is -0.142. The molecule has 2 fully saturated rings. The number of benzene rings is 3. The first-order chi connectivity index (χ1) is 17.1. The van der Waals surface area contributed by atoms with Crippen molar-refractivity contribution in [2.45, 2.75) is 31.7 Å². The van der Waals surface area contributed by atoms with E-state index in [2.05, 4.69) is 25.5 Å². The van der Waals surface area contributed by atoms with Gasteiger partial charge in [-0.15, -0.1) is 0 Å². The summed E-state index contributed by atoms with van der Waals surface area (Å²) < 4.78 is 0. The van der Waals surface area contributed by atoms with E-state index in [1.807, 2.05) is 66.7 Å². The Labute approximate surface area is 203 Å². The van der Waals surface area contributed by atoms with Gasteiger partial charge in [-0.3, -0.25) is 9.59 Å². The molecular formula is C28H27N5O2. The lowest BCUT2D eigenvalue weighted by molar-refractivity contribution is 0.0950. The number of carbonyl (C=O) groups excluding carboxylic acids is 2. The predicted octanol–water partition coefficient (Wildman–Crippen LogP) is 4.97. The van der Waals surface area contributed by atoms with Crippen LogP contribution < -0.4 is 15.5 Å². The van der Waals surface area contributed by atoms with Crippen LogP contribution in [0.5, 0.6) is 0 Å². The SMILES string of the molecule is O=C(Nc1ccc2nc(-c3ccc(C(=O)NC4CC4)cc3)[nH]c2c1)c1ccc(N2CCCC2)cc1. The summed E-state index contributed by atoms with van der Waals surface area (Å²) in [5.41, 5.74) is 5.68. The average Bonchev–Trinajstić information content (AvgIpc) is 3.35. The van der Waals surface area contributed by atoms with Gasteiger partial charge >= 0.3 is 0 Å². The van der Waals surface area contributed by atoms with Crippen LogP contribution in [-0.2, 0) is 0 Å². The van der Waals surface area contributed by atoms with Crippen molar-refractivity contribution in [1.29, 1.82) is 0 Å². The zero-order valence-corrected chi connectivity index (χ0v) is 19.4. The summed E-state index contributed by atoms with van der Waals surface area (Å²) >= 11 is 0. The van der Waals surface area contributed by atoms with E-state index in [1.165, 1.54) is 18.5 Å². The number of hydrogen-bond donors (Lipinski definition) is 3. The number of fused-ring (bicyclic) bond motifs is 1. The van der Waals surface area contributed by atoms with Gasteiger partial charge < -0.3 is 20.5 Å². The lowest BCUT2D eigenvalue weighted by Gasteiger charge is -2.17. The van der Waals surface area contributed by atoms with Gasteiger partial charge in [0.15, 0.2) is 0 Å². The van der Waals surface area contributed by atoms with E-state index in [-0.39, 0.29) is 11.8 Å². The minimum Gasteiger partial charge on any atom is -0.372 e. The second-order valence-electron chi connectivity index (χ2n) is 9.34. The number of nitrogens with zero attached hydrogens (tertiary/aromatic N) is 2.